The molecular formula is C18H13BrF3NO3. The van der Waals surface area contributed by atoms with E-state index in [1.54, 1.807) is 18.2 Å². The summed E-state index contributed by atoms with van der Waals surface area (Å²) in [5, 5.41) is 2.09. The third-order valence-corrected chi connectivity index (χ3v) is 3.61. The minimum Gasteiger partial charge on any atom is -0.452 e. The minimum absolute atomic E-state index is 0.397. The molecule has 1 N–H and O–H groups in total. The Balaban J connectivity index is 1.90. The van der Waals surface area contributed by atoms with Gasteiger partial charge in [-0.3, -0.25) is 4.79 Å². The number of amides is 1. The maximum absolute atomic E-state index is 12.9. The van der Waals surface area contributed by atoms with Crippen LogP contribution in [-0.2, 0) is 20.5 Å². The maximum atomic E-state index is 12.9. The zero-order chi connectivity index (χ0) is 19.2. The fourth-order valence-electron chi connectivity index (χ4n) is 1.98. The zero-order valence-electron chi connectivity index (χ0n) is 13.2. The smallest absolute Gasteiger partial charge is 0.418 e. The molecule has 0 heterocycles. The highest BCUT2D eigenvalue weighted by atomic mass is 79.9. The molecule has 0 saturated heterocycles. The first-order valence-corrected chi connectivity index (χ1v) is 8.11. The molecule has 4 nitrogen and oxygen atoms in total. The number of carbonyl (C=O) groups is 2. The lowest BCUT2D eigenvalue weighted by molar-refractivity contribution is -0.142. The molecule has 0 unspecified atom stereocenters. The Kier molecular flexibility index (Phi) is 6.57. The van der Waals surface area contributed by atoms with Crippen molar-refractivity contribution in [3.63, 3.8) is 0 Å². The first-order chi connectivity index (χ1) is 12.3. The van der Waals surface area contributed by atoms with E-state index in [2.05, 4.69) is 21.2 Å². The van der Waals surface area contributed by atoms with Crippen molar-refractivity contribution in [2.75, 3.05) is 11.9 Å². The van der Waals surface area contributed by atoms with Gasteiger partial charge in [0.15, 0.2) is 6.61 Å². The second-order valence-electron chi connectivity index (χ2n) is 5.09. The highest BCUT2D eigenvalue weighted by molar-refractivity contribution is 9.10. The SMILES string of the molecule is O=C(COC(=O)C=Cc1cccc(Br)c1)Nc1ccccc1C(F)(F)F. The Morgan fingerprint density at radius 2 is 1.85 bits per heavy atom. The molecule has 136 valence electrons. The number of hydrogen-bond donors (Lipinski definition) is 1. The molecule has 26 heavy (non-hydrogen) atoms. The van der Waals surface area contributed by atoms with Crippen molar-refractivity contribution in [3.8, 4) is 0 Å². The van der Waals surface area contributed by atoms with Gasteiger partial charge in [0, 0.05) is 10.5 Å². The second-order valence-corrected chi connectivity index (χ2v) is 6.00. The Morgan fingerprint density at radius 3 is 2.54 bits per heavy atom. The van der Waals surface area contributed by atoms with E-state index < -0.39 is 35.9 Å². The summed E-state index contributed by atoms with van der Waals surface area (Å²) < 4.78 is 44.1. The molecule has 0 atom stereocenters. The van der Waals surface area contributed by atoms with Gasteiger partial charge in [-0.05, 0) is 35.9 Å². The molecule has 1 amide bonds. The molecule has 0 saturated carbocycles. The fraction of sp³-hybridized carbons (Fsp3) is 0.111. The monoisotopic (exact) mass is 427 g/mol. The predicted octanol–water partition coefficient (Wildman–Crippen LogP) is 4.66. The molecule has 0 aliphatic rings. The largest absolute Gasteiger partial charge is 0.452 e. The van der Waals surface area contributed by atoms with Crippen LogP contribution in [0.1, 0.15) is 11.1 Å². The quantitative estimate of drug-likeness (QED) is 0.557. The molecule has 0 radical (unpaired) electrons. The molecule has 0 aromatic heterocycles. The summed E-state index contributed by atoms with van der Waals surface area (Å²) in [7, 11) is 0. The van der Waals surface area contributed by atoms with Crippen LogP contribution in [0.3, 0.4) is 0 Å². The van der Waals surface area contributed by atoms with E-state index in [-0.39, 0.29) is 0 Å². The number of hydrogen-bond acceptors (Lipinski definition) is 3. The predicted molar refractivity (Wildman–Crippen MR) is 94.2 cm³/mol. The number of nitrogens with one attached hydrogen (secondary N) is 1. The summed E-state index contributed by atoms with van der Waals surface area (Å²) in [5.74, 6) is -1.66. The van der Waals surface area contributed by atoms with Crippen LogP contribution in [0.25, 0.3) is 6.08 Å². The average Bonchev–Trinajstić information content (AvgIpc) is 2.58. The first-order valence-electron chi connectivity index (χ1n) is 7.32. The standard InChI is InChI=1S/C18H13BrF3NO3/c19-13-5-3-4-12(10-13)8-9-17(25)26-11-16(24)23-15-7-2-1-6-14(15)18(20,21)22/h1-10H,11H2,(H,23,24). The molecule has 0 fully saturated rings. The Labute approximate surface area is 155 Å². The Bertz CT molecular complexity index is 834. The number of ether oxygens (including phenoxy) is 1. The third-order valence-electron chi connectivity index (χ3n) is 3.11. The number of esters is 1. The first kappa shape index (κ1) is 19.7. The lowest BCUT2D eigenvalue weighted by Gasteiger charge is -2.13. The second kappa shape index (κ2) is 8.66. The van der Waals surface area contributed by atoms with Crippen molar-refractivity contribution in [1.29, 1.82) is 0 Å². The Hall–Kier alpha value is -2.61. The van der Waals surface area contributed by atoms with Crippen molar-refractivity contribution in [3.05, 3.63) is 70.2 Å². The van der Waals surface area contributed by atoms with Gasteiger partial charge in [0.05, 0.1) is 11.3 Å². The van der Waals surface area contributed by atoms with Gasteiger partial charge in [-0.15, -0.1) is 0 Å². The number of halogens is 4. The van der Waals surface area contributed by atoms with Crippen molar-refractivity contribution >= 4 is 39.6 Å². The van der Waals surface area contributed by atoms with E-state index in [4.69, 9.17) is 4.74 Å². The number of benzene rings is 2. The summed E-state index contributed by atoms with van der Waals surface area (Å²) >= 11 is 3.29. The zero-order valence-corrected chi connectivity index (χ0v) is 14.8. The summed E-state index contributed by atoms with van der Waals surface area (Å²) in [4.78, 5) is 23.3. The number of para-hydroxylation sites is 1. The van der Waals surface area contributed by atoms with Gasteiger partial charge in [-0.1, -0.05) is 40.2 Å². The van der Waals surface area contributed by atoms with Gasteiger partial charge < -0.3 is 10.1 Å². The topological polar surface area (TPSA) is 55.4 Å². The van der Waals surface area contributed by atoms with Crippen molar-refractivity contribution in [1.82, 2.24) is 0 Å². The van der Waals surface area contributed by atoms with Gasteiger partial charge >= 0.3 is 12.1 Å². The maximum Gasteiger partial charge on any atom is 0.418 e. The van der Waals surface area contributed by atoms with E-state index in [0.717, 1.165) is 28.2 Å². The molecular weight excluding hydrogens is 415 g/mol. The molecule has 0 aliphatic carbocycles. The average molecular weight is 428 g/mol. The minimum atomic E-state index is -4.60. The lowest BCUT2D eigenvalue weighted by Crippen LogP contribution is -2.22. The van der Waals surface area contributed by atoms with Gasteiger partial charge in [0.2, 0.25) is 0 Å². The van der Waals surface area contributed by atoms with Crippen LogP contribution in [0, 0.1) is 0 Å². The fourth-order valence-corrected chi connectivity index (χ4v) is 2.40. The molecule has 2 aromatic rings. The summed E-state index contributed by atoms with van der Waals surface area (Å²) in [6.07, 6.45) is -1.99. The van der Waals surface area contributed by atoms with E-state index in [9.17, 15) is 22.8 Å². The Morgan fingerprint density at radius 1 is 1.12 bits per heavy atom. The van der Waals surface area contributed by atoms with Gasteiger partial charge in [-0.2, -0.15) is 13.2 Å². The molecule has 8 heteroatoms. The van der Waals surface area contributed by atoms with Crippen molar-refractivity contribution < 1.29 is 27.5 Å². The van der Waals surface area contributed by atoms with Crippen LogP contribution < -0.4 is 5.32 Å². The lowest BCUT2D eigenvalue weighted by atomic mass is 10.1. The van der Waals surface area contributed by atoms with Crippen LogP contribution in [0.4, 0.5) is 18.9 Å². The van der Waals surface area contributed by atoms with Crippen LogP contribution >= 0.6 is 15.9 Å². The third kappa shape index (κ3) is 6.03. The molecule has 0 bridgehead atoms. The van der Waals surface area contributed by atoms with E-state index >= 15 is 0 Å². The number of rotatable bonds is 5. The van der Waals surface area contributed by atoms with Gasteiger partial charge in [-0.25, -0.2) is 4.79 Å². The highest BCUT2D eigenvalue weighted by Crippen LogP contribution is 2.34. The van der Waals surface area contributed by atoms with Crippen LogP contribution in [0.5, 0.6) is 0 Å². The highest BCUT2D eigenvalue weighted by Gasteiger charge is 2.33. The number of anilines is 1. The summed E-state index contributed by atoms with van der Waals surface area (Å²) in [5.41, 5.74) is -0.639. The molecule has 2 rings (SSSR count). The van der Waals surface area contributed by atoms with Crippen LogP contribution in [0.2, 0.25) is 0 Å². The molecule has 0 aliphatic heterocycles. The number of alkyl halides is 3. The summed E-state index contributed by atoms with van der Waals surface area (Å²) in [6.45, 7) is -0.701. The summed E-state index contributed by atoms with van der Waals surface area (Å²) in [6, 6.07) is 11.7. The van der Waals surface area contributed by atoms with E-state index in [0.29, 0.717) is 0 Å². The van der Waals surface area contributed by atoms with Crippen molar-refractivity contribution in [2.24, 2.45) is 0 Å². The number of carbonyl (C=O) groups excluding carboxylic acids is 2. The van der Waals surface area contributed by atoms with Gasteiger partial charge in [0.25, 0.3) is 5.91 Å². The van der Waals surface area contributed by atoms with E-state index in [1.807, 2.05) is 6.07 Å². The van der Waals surface area contributed by atoms with E-state index in [1.165, 1.54) is 18.2 Å². The van der Waals surface area contributed by atoms with Crippen LogP contribution in [-0.4, -0.2) is 18.5 Å². The molecule has 0 spiro atoms. The van der Waals surface area contributed by atoms with Crippen molar-refractivity contribution in [2.45, 2.75) is 6.18 Å². The normalized spacial score (nSPS) is 11.4. The molecule has 2 aromatic carbocycles. The van der Waals surface area contributed by atoms with Crippen LogP contribution in [0.15, 0.2) is 59.1 Å². The van der Waals surface area contributed by atoms with Gasteiger partial charge in [0.1, 0.15) is 0 Å².